The van der Waals surface area contributed by atoms with Crippen molar-refractivity contribution in [1.29, 1.82) is 0 Å². The number of alkyl halides is 3. The molecule has 0 saturated carbocycles. The summed E-state index contributed by atoms with van der Waals surface area (Å²) in [7, 11) is 0. The number of aliphatic hydroxyl groups is 2. The van der Waals surface area contributed by atoms with Gasteiger partial charge in [-0.1, -0.05) is 12.1 Å². The third-order valence-electron chi connectivity index (χ3n) is 2.63. The Balaban J connectivity index is 2.57. The highest BCUT2D eigenvalue weighted by molar-refractivity contribution is 5.72. The van der Waals surface area contributed by atoms with E-state index < -0.39 is 24.3 Å². The molecule has 3 N–H and O–H groups in total. The van der Waals surface area contributed by atoms with Gasteiger partial charge in [-0.25, -0.2) is 0 Å². The summed E-state index contributed by atoms with van der Waals surface area (Å²) in [6.07, 6.45) is -7.08. The first-order valence-electron chi connectivity index (χ1n) is 6.15. The van der Waals surface area contributed by atoms with Gasteiger partial charge >= 0.3 is 6.36 Å². The smallest absolute Gasteiger partial charge is 0.406 e. The molecule has 0 radical (unpaired) electrons. The molecule has 1 rings (SSSR count). The second-order valence-electron chi connectivity index (χ2n) is 4.40. The van der Waals surface area contributed by atoms with Crippen LogP contribution in [0.25, 0.3) is 0 Å². The fourth-order valence-electron chi connectivity index (χ4n) is 1.64. The third-order valence-corrected chi connectivity index (χ3v) is 2.63. The molecule has 2 unspecified atom stereocenters. The number of nitrogens with one attached hydrogen (secondary N) is 1. The molecule has 1 aromatic rings. The minimum absolute atomic E-state index is 0.113. The number of rotatable bonds is 6. The Labute approximate surface area is 119 Å². The molecule has 8 heteroatoms. The first kappa shape index (κ1) is 17.3. The lowest BCUT2D eigenvalue weighted by molar-refractivity contribution is -0.274. The van der Waals surface area contributed by atoms with E-state index in [1.165, 1.54) is 19.1 Å². The number of carbonyl (C=O) groups is 1. The first-order chi connectivity index (χ1) is 9.69. The van der Waals surface area contributed by atoms with Crippen LogP contribution in [0.3, 0.4) is 0 Å². The van der Waals surface area contributed by atoms with Crippen molar-refractivity contribution in [1.82, 2.24) is 5.32 Å². The van der Waals surface area contributed by atoms with Crippen molar-refractivity contribution in [3.63, 3.8) is 0 Å². The Kier molecular flexibility index (Phi) is 5.98. The predicted molar refractivity (Wildman–Crippen MR) is 67.4 cm³/mol. The molecule has 0 heterocycles. The van der Waals surface area contributed by atoms with Gasteiger partial charge in [-0.15, -0.1) is 13.2 Å². The first-order valence-corrected chi connectivity index (χ1v) is 6.15. The lowest BCUT2D eigenvalue weighted by atomic mass is 10.0. The zero-order valence-corrected chi connectivity index (χ0v) is 11.2. The van der Waals surface area contributed by atoms with Crippen molar-refractivity contribution in [3.05, 3.63) is 29.8 Å². The number of carbonyl (C=O) groups excluding carboxylic acids is 1. The quantitative estimate of drug-likeness (QED) is 0.744. The van der Waals surface area contributed by atoms with E-state index in [1.54, 1.807) is 0 Å². The normalized spacial score (nSPS) is 14.4. The topological polar surface area (TPSA) is 78.8 Å². The van der Waals surface area contributed by atoms with E-state index in [1.807, 2.05) is 0 Å². The molecular weight excluding hydrogens is 291 g/mol. The Hall–Kier alpha value is -1.80. The van der Waals surface area contributed by atoms with Crippen LogP contribution in [0.15, 0.2) is 24.3 Å². The molecule has 1 aromatic carbocycles. The average Bonchev–Trinajstić information content (AvgIpc) is 2.36. The summed E-state index contributed by atoms with van der Waals surface area (Å²) >= 11 is 0. The van der Waals surface area contributed by atoms with Crippen LogP contribution >= 0.6 is 0 Å². The maximum atomic E-state index is 12.0. The number of ether oxygens (including phenoxy) is 1. The van der Waals surface area contributed by atoms with Crippen molar-refractivity contribution in [3.8, 4) is 5.75 Å². The average molecular weight is 307 g/mol. The summed E-state index contributed by atoms with van der Waals surface area (Å²) in [6, 6.07) is 4.56. The molecule has 0 aliphatic rings. The number of hydrogen-bond acceptors (Lipinski definition) is 4. The van der Waals surface area contributed by atoms with Crippen LogP contribution in [0.1, 0.15) is 25.0 Å². The van der Waals surface area contributed by atoms with Gasteiger partial charge < -0.3 is 20.3 Å². The van der Waals surface area contributed by atoms with Gasteiger partial charge in [0.15, 0.2) is 0 Å². The number of halogens is 3. The van der Waals surface area contributed by atoms with Gasteiger partial charge in [-0.05, 0) is 24.1 Å². The van der Waals surface area contributed by atoms with Crippen molar-refractivity contribution in [2.75, 3.05) is 6.54 Å². The summed E-state index contributed by atoms with van der Waals surface area (Å²) in [5, 5.41) is 22.0. The van der Waals surface area contributed by atoms with Gasteiger partial charge in [0.2, 0.25) is 5.91 Å². The summed E-state index contributed by atoms with van der Waals surface area (Å²) in [4.78, 5) is 10.7. The zero-order chi connectivity index (χ0) is 16.0. The van der Waals surface area contributed by atoms with Gasteiger partial charge in [-0.2, -0.15) is 0 Å². The summed E-state index contributed by atoms with van der Waals surface area (Å²) < 4.78 is 39.7. The van der Waals surface area contributed by atoms with Crippen molar-refractivity contribution in [2.24, 2.45) is 0 Å². The number of aliphatic hydroxyl groups excluding tert-OH is 2. The molecule has 0 saturated heterocycles. The van der Waals surface area contributed by atoms with E-state index in [4.69, 9.17) is 0 Å². The molecule has 5 nitrogen and oxygen atoms in total. The molecule has 0 aliphatic carbocycles. The van der Waals surface area contributed by atoms with E-state index in [2.05, 4.69) is 10.1 Å². The van der Waals surface area contributed by atoms with Crippen LogP contribution < -0.4 is 10.1 Å². The highest BCUT2D eigenvalue weighted by Crippen LogP contribution is 2.25. The summed E-state index contributed by atoms with van der Waals surface area (Å²) in [5.41, 5.74) is 0.250. The van der Waals surface area contributed by atoms with Gasteiger partial charge in [0.1, 0.15) is 11.9 Å². The molecular formula is C13H16F3NO4. The van der Waals surface area contributed by atoms with Crippen LogP contribution in [-0.4, -0.2) is 35.1 Å². The number of benzene rings is 1. The van der Waals surface area contributed by atoms with E-state index >= 15 is 0 Å². The van der Waals surface area contributed by atoms with E-state index in [9.17, 15) is 28.2 Å². The maximum absolute atomic E-state index is 12.0. The molecule has 0 spiro atoms. The summed E-state index contributed by atoms with van der Waals surface area (Å²) in [5.74, 6) is -0.670. The Morgan fingerprint density at radius 1 is 1.29 bits per heavy atom. The lowest BCUT2D eigenvalue weighted by Gasteiger charge is -2.18. The highest BCUT2D eigenvalue weighted by Gasteiger charge is 2.31. The van der Waals surface area contributed by atoms with Crippen LogP contribution in [0.4, 0.5) is 13.2 Å². The molecule has 21 heavy (non-hydrogen) atoms. The zero-order valence-electron chi connectivity index (χ0n) is 11.2. The minimum Gasteiger partial charge on any atom is -0.406 e. The predicted octanol–water partition coefficient (Wildman–Crippen LogP) is 1.51. The van der Waals surface area contributed by atoms with E-state index in [-0.39, 0.29) is 24.4 Å². The number of hydrogen-bond donors (Lipinski definition) is 3. The van der Waals surface area contributed by atoms with Crippen LogP contribution in [0.2, 0.25) is 0 Å². The summed E-state index contributed by atoms with van der Waals surface area (Å²) in [6.45, 7) is 1.50. The van der Waals surface area contributed by atoms with Gasteiger partial charge in [-0.3, -0.25) is 4.79 Å². The SMILES string of the molecule is CC(=O)NCCC(O)C(O)c1ccc(OC(F)(F)F)cc1. The Morgan fingerprint density at radius 3 is 2.33 bits per heavy atom. The Bertz CT molecular complexity index is 461. The standard InChI is InChI=1S/C13H16F3NO4/c1-8(18)17-7-6-11(19)12(20)9-2-4-10(5-3-9)21-13(14,15)16/h2-5,11-12,19-20H,6-7H2,1H3,(H,17,18). The second-order valence-corrected chi connectivity index (χ2v) is 4.40. The lowest BCUT2D eigenvalue weighted by Crippen LogP contribution is -2.27. The van der Waals surface area contributed by atoms with Crippen molar-refractivity contribution >= 4 is 5.91 Å². The second kappa shape index (κ2) is 7.28. The molecule has 0 aromatic heterocycles. The van der Waals surface area contributed by atoms with Crippen molar-refractivity contribution < 1.29 is 32.9 Å². The highest BCUT2D eigenvalue weighted by atomic mass is 19.4. The fourth-order valence-corrected chi connectivity index (χ4v) is 1.64. The van der Waals surface area contributed by atoms with Gasteiger partial charge in [0.05, 0.1) is 6.10 Å². The van der Waals surface area contributed by atoms with E-state index in [0.717, 1.165) is 12.1 Å². The van der Waals surface area contributed by atoms with Crippen LogP contribution in [-0.2, 0) is 4.79 Å². The molecule has 0 bridgehead atoms. The third kappa shape index (κ3) is 6.46. The molecule has 2 atom stereocenters. The monoisotopic (exact) mass is 307 g/mol. The van der Waals surface area contributed by atoms with Crippen LogP contribution in [0, 0.1) is 0 Å². The molecule has 118 valence electrons. The fraction of sp³-hybridized carbons (Fsp3) is 0.462. The largest absolute Gasteiger partial charge is 0.573 e. The molecule has 1 amide bonds. The van der Waals surface area contributed by atoms with Gasteiger partial charge in [0, 0.05) is 13.5 Å². The van der Waals surface area contributed by atoms with Crippen LogP contribution in [0.5, 0.6) is 5.75 Å². The minimum atomic E-state index is -4.78. The Morgan fingerprint density at radius 2 is 1.86 bits per heavy atom. The van der Waals surface area contributed by atoms with Gasteiger partial charge in [0.25, 0.3) is 0 Å². The maximum Gasteiger partial charge on any atom is 0.573 e. The van der Waals surface area contributed by atoms with Crippen molar-refractivity contribution in [2.45, 2.75) is 31.9 Å². The van der Waals surface area contributed by atoms with E-state index in [0.29, 0.717) is 0 Å². The number of amides is 1. The molecule has 0 aliphatic heterocycles. The molecule has 0 fully saturated rings.